The molecule has 0 amide bonds. The molecule has 156 valence electrons. The van der Waals surface area contributed by atoms with Gasteiger partial charge < -0.3 is 0 Å². The van der Waals surface area contributed by atoms with Crippen LogP contribution in [0.15, 0.2) is 30.6 Å². The molecule has 1 nitrogen and oxygen atoms in total. The average molecular weight is 527 g/mol. The van der Waals surface area contributed by atoms with Crippen LogP contribution in [0.25, 0.3) is 0 Å². The van der Waals surface area contributed by atoms with Crippen molar-refractivity contribution in [2.45, 2.75) is 52.4 Å². The van der Waals surface area contributed by atoms with Crippen molar-refractivity contribution in [2.75, 3.05) is 0 Å². The summed E-state index contributed by atoms with van der Waals surface area (Å²) >= 11 is 0. The molecular weight excluding hydrogens is 490 g/mol. The summed E-state index contributed by atoms with van der Waals surface area (Å²) in [5, 5.41) is 0. The molecule has 0 aromatic carbocycles. The fourth-order valence-corrected chi connectivity index (χ4v) is 7.82. The van der Waals surface area contributed by atoms with Gasteiger partial charge in [0, 0.05) is 12.4 Å². The third-order valence-corrected chi connectivity index (χ3v) is 9.70. The predicted molar refractivity (Wildman–Crippen MR) is 137 cm³/mol. The van der Waals surface area contributed by atoms with Crippen LogP contribution in [-0.2, 0) is 26.2 Å². The van der Waals surface area contributed by atoms with Gasteiger partial charge in [-0.25, -0.2) is 0 Å². The van der Waals surface area contributed by atoms with Gasteiger partial charge in [-0.15, -0.1) is 11.1 Å². The van der Waals surface area contributed by atoms with Crippen LogP contribution in [0.4, 0.5) is 0 Å². The van der Waals surface area contributed by atoms with Gasteiger partial charge in [0.1, 0.15) is 16.1 Å². The molecule has 2 aliphatic carbocycles. The second-order valence-corrected chi connectivity index (χ2v) is 23.7. The van der Waals surface area contributed by atoms with Crippen LogP contribution < -0.4 is 0 Å². The van der Waals surface area contributed by atoms with E-state index < -0.39 is 24.2 Å². The van der Waals surface area contributed by atoms with Crippen LogP contribution in [0.5, 0.6) is 0 Å². The molecule has 0 unspecified atom stereocenters. The summed E-state index contributed by atoms with van der Waals surface area (Å²) in [6.45, 7) is 18.6. The van der Waals surface area contributed by atoms with Crippen molar-refractivity contribution in [3.8, 4) is 11.1 Å². The Morgan fingerprint density at radius 2 is 0.900 bits per heavy atom. The third-order valence-electron chi connectivity index (χ3n) is 4.15. The van der Waals surface area contributed by atoms with Crippen LogP contribution >= 0.6 is 0 Å². The van der Waals surface area contributed by atoms with Crippen LogP contribution in [0.3, 0.4) is 0 Å². The first-order valence-electron chi connectivity index (χ1n) is 10.3. The number of hydrogen-bond donors (Lipinski definition) is 0. The molecule has 0 spiro atoms. The van der Waals surface area contributed by atoms with E-state index in [0.717, 1.165) is 0 Å². The first-order valence-corrected chi connectivity index (χ1v) is 20.3. The van der Waals surface area contributed by atoms with Crippen molar-refractivity contribution in [3.05, 3.63) is 93.0 Å². The van der Waals surface area contributed by atoms with Gasteiger partial charge in [0.25, 0.3) is 0 Å². The minimum Gasteiger partial charge on any atom is -0.265 e. The molecule has 2 fully saturated rings. The molecule has 2 aliphatic rings. The molecule has 1 aromatic heterocycles. The molecule has 0 saturated heterocycles. The molecule has 0 atom stereocenters. The second kappa shape index (κ2) is 14.4. The minimum atomic E-state index is -1.35. The molecule has 3 rings (SSSR count). The Hall–Kier alpha value is 0.244. The van der Waals surface area contributed by atoms with E-state index in [-0.39, 0.29) is 26.2 Å². The zero-order valence-electron chi connectivity index (χ0n) is 20.0. The number of aromatic nitrogens is 1. The van der Waals surface area contributed by atoms with E-state index in [1.165, 1.54) is 11.1 Å². The van der Waals surface area contributed by atoms with Crippen molar-refractivity contribution in [2.24, 2.45) is 0 Å². The number of hydrogen-bond acceptors (Lipinski definition) is 1. The van der Waals surface area contributed by atoms with Crippen LogP contribution in [-0.4, -0.2) is 29.2 Å². The van der Waals surface area contributed by atoms with E-state index in [0.29, 0.717) is 0 Å². The number of nitrogens with zero attached hydrogens (tertiary/aromatic N) is 1. The largest absolute Gasteiger partial charge is 2.00 e. The molecule has 0 N–H and O–H groups in total. The van der Waals surface area contributed by atoms with E-state index in [4.69, 9.17) is 0 Å². The van der Waals surface area contributed by atoms with Gasteiger partial charge in [-0.1, -0.05) is 58.4 Å². The topological polar surface area (TPSA) is 12.9 Å². The molecule has 10 radical (unpaired) electrons. The first kappa shape index (κ1) is 30.2. The van der Waals surface area contributed by atoms with Crippen molar-refractivity contribution < 1.29 is 26.2 Å². The third kappa shape index (κ3) is 13.6. The Kier molecular flexibility index (Phi) is 14.5. The van der Waals surface area contributed by atoms with Crippen LogP contribution in [0.1, 0.15) is 0 Å². The standard InChI is InChI=1S/C12H14Si.C8H18Si2.C5H5N.Zr/c1-13(2,11-7-3-4-8-11)12-9-5-6-10-12;1-9(2,3)7-8-10(4,5)6;1-2-4-6-5-3-1;/h3-10H,1-2H3;1-6H3;1-5H;/q;;;+2. The van der Waals surface area contributed by atoms with E-state index in [1.54, 1.807) is 12.4 Å². The fraction of sp³-hybridized carbons (Fsp3) is 0.320. The van der Waals surface area contributed by atoms with E-state index in [9.17, 15) is 0 Å². The molecule has 2 saturated carbocycles. The maximum atomic E-state index is 3.78. The summed E-state index contributed by atoms with van der Waals surface area (Å²) in [5.74, 6) is 0. The molecule has 5 heteroatoms. The summed E-state index contributed by atoms with van der Waals surface area (Å²) in [6, 6.07) is 5.72. The number of rotatable bonds is 2. The zero-order chi connectivity index (χ0) is 22.0. The van der Waals surface area contributed by atoms with E-state index >= 15 is 0 Å². The van der Waals surface area contributed by atoms with Crippen molar-refractivity contribution in [3.63, 3.8) is 0 Å². The quantitative estimate of drug-likeness (QED) is 0.321. The van der Waals surface area contributed by atoms with Gasteiger partial charge in [-0.3, -0.25) is 4.98 Å². The summed E-state index contributed by atoms with van der Waals surface area (Å²) in [5.41, 5.74) is 9.88. The molecule has 30 heavy (non-hydrogen) atoms. The monoisotopic (exact) mass is 525 g/mol. The van der Waals surface area contributed by atoms with Gasteiger partial charge in [0.05, 0.1) is 8.07 Å². The maximum absolute atomic E-state index is 3.78. The van der Waals surface area contributed by atoms with Gasteiger partial charge in [-0.2, -0.15) is 0 Å². The Labute approximate surface area is 210 Å². The summed E-state index contributed by atoms with van der Waals surface area (Å²) in [4.78, 5) is 3.78. The van der Waals surface area contributed by atoms with Gasteiger partial charge in [0.2, 0.25) is 0 Å². The van der Waals surface area contributed by atoms with Gasteiger partial charge in [0.15, 0.2) is 0 Å². The Bertz CT molecular complexity index is 549. The van der Waals surface area contributed by atoms with Crippen molar-refractivity contribution in [1.29, 1.82) is 0 Å². The Morgan fingerprint density at radius 1 is 0.567 bits per heavy atom. The maximum Gasteiger partial charge on any atom is 2.00 e. The van der Waals surface area contributed by atoms with E-state index in [2.05, 4.69) is 120 Å². The van der Waals surface area contributed by atoms with Gasteiger partial charge in [-0.05, 0) is 74.6 Å². The molecule has 0 aliphatic heterocycles. The second-order valence-electron chi connectivity index (χ2n) is 9.75. The molecule has 1 aromatic rings. The average Bonchev–Trinajstić information content (AvgIpc) is 3.36. The summed E-state index contributed by atoms with van der Waals surface area (Å²) in [6.07, 6.45) is 21.0. The van der Waals surface area contributed by atoms with Crippen LogP contribution in [0.2, 0.25) is 52.4 Å². The van der Waals surface area contributed by atoms with Crippen LogP contribution in [0, 0.1) is 73.5 Å². The Morgan fingerprint density at radius 3 is 1.10 bits per heavy atom. The normalized spacial score (nSPS) is 17.5. The summed E-state index contributed by atoms with van der Waals surface area (Å²) < 4.78 is 0. The first-order chi connectivity index (χ1) is 13.4. The predicted octanol–water partition coefficient (Wildman–Crippen LogP) is 6.41. The summed E-state index contributed by atoms with van der Waals surface area (Å²) in [7, 11) is -3.54. The smallest absolute Gasteiger partial charge is 0.265 e. The van der Waals surface area contributed by atoms with Crippen molar-refractivity contribution >= 4 is 24.2 Å². The van der Waals surface area contributed by atoms with Crippen molar-refractivity contribution in [1.82, 2.24) is 4.98 Å². The number of pyridine rings is 1. The molecule has 0 bridgehead atoms. The SMILES string of the molecule is C[Si](C)(C)C#C[Si](C)(C)C.C[Si](C)([C]1[CH][CH][CH][CH]1)[C]1[CH][CH][CH][CH]1.[Zr+2].c1ccncc1. The molecule has 1 heterocycles. The van der Waals surface area contributed by atoms with Gasteiger partial charge >= 0.3 is 26.2 Å². The minimum absolute atomic E-state index is 0. The van der Waals surface area contributed by atoms with E-state index in [1.807, 2.05) is 18.2 Å². The molecular formula is C25H37NSi3Zr+2. The zero-order valence-corrected chi connectivity index (χ0v) is 25.4. The fourth-order valence-electron chi connectivity index (χ4n) is 2.44. The Balaban J connectivity index is 0.000000442.